The lowest BCUT2D eigenvalue weighted by Gasteiger charge is -2.10. The molecule has 0 aliphatic carbocycles. The number of ketones is 1. The van der Waals surface area contributed by atoms with E-state index in [0.29, 0.717) is 12.4 Å². The predicted molar refractivity (Wildman–Crippen MR) is 103 cm³/mol. The van der Waals surface area contributed by atoms with Gasteiger partial charge in [0.25, 0.3) is 0 Å². The number of benzene rings is 1. The van der Waals surface area contributed by atoms with Crippen LogP contribution in [0.15, 0.2) is 27.5 Å². The third-order valence-corrected chi connectivity index (χ3v) is 5.42. The molecule has 0 saturated carbocycles. The van der Waals surface area contributed by atoms with Crippen LogP contribution in [0.3, 0.4) is 0 Å². The Morgan fingerprint density at radius 3 is 2.57 bits per heavy atom. The zero-order chi connectivity index (χ0) is 20.7. The molecule has 2 aromatic rings. The van der Waals surface area contributed by atoms with E-state index in [9.17, 15) is 18.0 Å². The fourth-order valence-electron chi connectivity index (χ4n) is 2.57. The van der Waals surface area contributed by atoms with Gasteiger partial charge < -0.3 is 13.9 Å². The second-order valence-corrected chi connectivity index (χ2v) is 7.89. The Morgan fingerprint density at radius 2 is 1.93 bits per heavy atom. The summed E-state index contributed by atoms with van der Waals surface area (Å²) in [6.07, 6.45) is 2.89. The maximum absolute atomic E-state index is 12.7. The number of hydrogen-bond donors (Lipinski definition) is 1. The molecule has 0 bridgehead atoms. The molecule has 0 unspecified atom stereocenters. The lowest BCUT2D eigenvalue weighted by Crippen LogP contribution is -2.30. The van der Waals surface area contributed by atoms with Gasteiger partial charge in [-0.25, -0.2) is 8.42 Å². The van der Waals surface area contributed by atoms with Crippen LogP contribution in [0.4, 0.5) is 0 Å². The summed E-state index contributed by atoms with van der Waals surface area (Å²) in [5.74, 6) is -0.629. The van der Waals surface area contributed by atoms with Crippen LogP contribution < -0.4 is 9.46 Å². The van der Waals surface area contributed by atoms with Crippen LogP contribution >= 0.6 is 0 Å². The lowest BCUT2D eigenvalue weighted by molar-refractivity contribution is -0.141. The normalized spacial score (nSPS) is 11.5. The van der Waals surface area contributed by atoms with Crippen LogP contribution in [0.2, 0.25) is 0 Å². The maximum Gasteiger partial charge on any atom is 0.321 e. The standard InChI is InChI=1S/C19H25NO7S/c1-4-6-7-10-26-15-8-9-17(14-11-16(13(3)21)27-19(14)15)28(23,24)20-12-18(22)25-5-2/h8-9,11,20H,4-7,10,12H2,1-3H3. The number of hydrogen-bond acceptors (Lipinski definition) is 7. The molecule has 0 fully saturated rings. The number of carbonyl (C=O) groups excluding carboxylic acids is 2. The molecular weight excluding hydrogens is 386 g/mol. The van der Waals surface area contributed by atoms with Crippen LogP contribution in [0.1, 0.15) is 50.6 Å². The van der Waals surface area contributed by atoms with Crippen molar-refractivity contribution in [3.63, 3.8) is 0 Å². The summed E-state index contributed by atoms with van der Waals surface area (Å²) in [4.78, 5) is 23.1. The fraction of sp³-hybridized carbons (Fsp3) is 0.474. The molecule has 0 spiro atoms. The largest absolute Gasteiger partial charge is 0.490 e. The average molecular weight is 411 g/mol. The van der Waals surface area contributed by atoms with Gasteiger partial charge in [-0.2, -0.15) is 4.72 Å². The molecule has 0 saturated heterocycles. The highest BCUT2D eigenvalue weighted by atomic mass is 32.2. The first-order valence-electron chi connectivity index (χ1n) is 9.15. The third-order valence-electron chi connectivity index (χ3n) is 3.96. The number of esters is 1. The molecule has 0 radical (unpaired) electrons. The second-order valence-electron chi connectivity index (χ2n) is 6.16. The van der Waals surface area contributed by atoms with Crippen LogP contribution in [-0.4, -0.2) is 39.9 Å². The number of nitrogens with one attached hydrogen (secondary N) is 1. The molecule has 8 nitrogen and oxygen atoms in total. The summed E-state index contributed by atoms with van der Waals surface area (Å²) in [6, 6.07) is 4.22. The Hall–Kier alpha value is -2.39. The second kappa shape index (κ2) is 9.70. The monoisotopic (exact) mass is 411 g/mol. The molecular formula is C19H25NO7S. The zero-order valence-electron chi connectivity index (χ0n) is 16.2. The molecule has 28 heavy (non-hydrogen) atoms. The Morgan fingerprint density at radius 1 is 1.18 bits per heavy atom. The van der Waals surface area contributed by atoms with E-state index in [2.05, 4.69) is 11.6 Å². The van der Waals surface area contributed by atoms with Gasteiger partial charge in [0, 0.05) is 12.3 Å². The number of furan rings is 1. The van der Waals surface area contributed by atoms with Gasteiger partial charge in [0.1, 0.15) is 6.54 Å². The van der Waals surface area contributed by atoms with Crippen molar-refractivity contribution < 1.29 is 31.9 Å². The molecule has 154 valence electrons. The number of Topliss-reactive ketones (excluding diaryl/α,β-unsaturated/α-hetero) is 1. The highest BCUT2D eigenvalue weighted by Gasteiger charge is 2.24. The summed E-state index contributed by atoms with van der Waals surface area (Å²) in [7, 11) is -4.04. The van der Waals surface area contributed by atoms with Crippen LogP contribution in [0, 0.1) is 0 Å². The average Bonchev–Trinajstić information content (AvgIpc) is 3.09. The van der Waals surface area contributed by atoms with E-state index in [1.54, 1.807) is 6.92 Å². The van der Waals surface area contributed by atoms with Gasteiger partial charge in [-0.3, -0.25) is 9.59 Å². The molecule has 0 aliphatic heterocycles. The van der Waals surface area contributed by atoms with Gasteiger partial charge in [0.2, 0.25) is 10.0 Å². The fourth-order valence-corrected chi connectivity index (χ4v) is 3.73. The van der Waals surface area contributed by atoms with Crippen molar-refractivity contribution in [2.24, 2.45) is 0 Å². The smallest absolute Gasteiger partial charge is 0.321 e. The number of rotatable bonds is 11. The van der Waals surface area contributed by atoms with E-state index in [0.717, 1.165) is 19.3 Å². The van der Waals surface area contributed by atoms with Crippen molar-refractivity contribution in [3.8, 4) is 5.75 Å². The summed E-state index contributed by atoms with van der Waals surface area (Å²) >= 11 is 0. The minimum atomic E-state index is -4.04. The van der Waals surface area contributed by atoms with Crippen molar-refractivity contribution >= 4 is 32.7 Å². The number of fused-ring (bicyclic) bond motifs is 1. The molecule has 1 heterocycles. The lowest BCUT2D eigenvalue weighted by atomic mass is 10.2. The molecule has 1 aromatic heterocycles. The van der Waals surface area contributed by atoms with E-state index >= 15 is 0 Å². The molecule has 9 heteroatoms. The van der Waals surface area contributed by atoms with Gasteiger partial charge in [-0.1, -0.05) is 19.8 Å². The first-order chi connectivity index (χ1) is 13.3. The predicted octanol–water partition coefficient (Wildman–Crippen LogP) is 3.05. The van der Waals surface area contributed by atoms with Gasteiger partial charge >= 0.3 is 5.97 Å². The zero-order valence-corrected chi connectivity index (χ0v) is 17.1. The molecule has 2 rings (SSSR count). The van der Waals surface area contributed by atoms with Crippen molar-refractivity contribution in [2.45, 2.75) is 44.9 Å². The SMILES string of the molecule is CCCCCOc1ccc(S(=O)(=O)NCC(=O)OCC)c2cc(C(C)=O)oc12. The Labute approximate surface area is 164 Å². The highest BCUT2D eigenvalue weighted by Crippen LogP contribution is 2.34. The first kappa shape index (κ1) is 21.9. The summed E-state index contributed by atoms with van der Waals surface area (Å²) in [5, 5.41) is 0.217. The first-order valence-corrected chi connectivity index (χ1v) is 10.6. The molecule has 1 N–H and O–H groups in total. The Bertz CT molecular complexity index is 947. The summed E-state index contributed by atoms with van der Waals surface area (Å²) < 4.78 is 43.5. The summed E-state index contributed by atoms with van der Waals surface area (Å²) in [5.41, 5.74) is 0.181. The summed E-state index contributed by atoms with van der Waals surface area (Å²) in [6.45, 7) is 5.14. The maximum atomic E-state index is 12.7. The topological polar surface area (TPSA) is 112 Å². The molecule has 0 atom stereocenters. The quantitative estimate of drug-likeness (QED) is 0.343. The van der Waals surface area contributed by atoms with E-state index in [1.165, 1.54) is 25.1 Å². The van der Waals surface area contributed by atoms with Crippen molar-refractivity contribution in [1.82, 2.24) is 4.72 Å². The van der Waals surface area contributed by atoms with Gasteiger partial charge in [0.05, 0.1) is 18.1 Å². The van der Waals surface area contributed by atoms with Crippen molar-refractivity contribution in [2.75, 3.05) is 19.8 Å². The Balaban J connectivity index is 2.38. The number of sulfonamides is 1. The molecule has 0 amide bonds. The van der Waals surface area contributed by atoms with Gasteiger partial charge in [-0.05, 0) is 31.5 Å². The van der Waals surface area contributed by atoms with E-state index in [4.69, 9.17) is 13.9 Å². The number of carbonyl (C=O) groups is 2. The number of ether oxygens (including phenoxy) is 2. The van der Waals surface area contributed by atoms with E-state index < -0.39 is 22.5 Å². The third kappa shape index (κ3) is 5.32. The van der Waals surface area contributed by atoms with E-state index in [1.807, 2.05) is 0 Å². The minimum absolute atomic E-state index is 0.0291. The van der Waals surface area contributed by atoms with Crippen molar-refractivity contribution in [3.05, 3.63) is 24.0 Å². The van der Waals surface area contributed by atoms with Crippen molar-refractivity contribution in [1.29, 1.82) is 0 Å². The minimum Gasteiger partial charge on any atom is -0.490 e. The highest BCUT2D eigenvalue weighted by molar-refractivity contribution is 7.89. The van der Waals surface area contributed by atoms with Crippen LogP contribution in [0.5, 0.6) is 5.75 Å². The Kier molecular flexibility index (Phi) is 7.59. The molecule has 1 aromatic carbocycles. The van der Waals surface area contributed by atoms with Crippen LogP contribution in [-0.2, 0) is 19.6 Å². The van der Waals surface area contributed by atoms with Gasteiger partial charge in [0.15, 0.2) is 22.9 Å². The van der Waals surface area contributed by atoms with E-state index in [-0.39, 0.29) is 34.0 Å². The number of unbranched alkanes of at least 4 members (excludes halogenated alkanes) is 2. The molecule has 0 aliphatic rings. The van der Waals surface area contributed by atoms with Gasteiger partial charge in [-0.15, -0.1) is 0 Å². The van der Waals surface area contributed by atoms with Crippen LogP contribution in [0.25, 0.3) is 11.0 Å².